The summed E-state index contributed by atoms with van der Waals surface area (Å²) in [5, 5.41) is 13.8. The lowest BCUT2D eigenvalue weighted by Crippen LogP contribution is -2.29. The Kier molecular flexibility index (Phi) is 4.32. The van der Waals surface area contributed by atoms with E-state index in [0.29, 0.717) is 22.9 Å². The molecule has 1 aliphatic rings. The second kappa shape index (κ2) is 5.80. The molecule has 0 aromatic heterocycles. The highest BCUT2D eigenvalue weighted by Gasteiger charge is 2.37. The van der Waals surface area contributed by atoms with E-state index in [1.54, 1.807) is 12.1 Å². The first kappa shape index (κ1) is 14.2. The van der Waals surface area contributed by atoms with Crippen LogP contribution in [0.15, 0.2) is 23.4 Å². The van der Waals surface area contributed by atoms with Crippen molar-refractivity contribution in [2.45, 2.75) is 25.9 Å². The third-order valence-electron chi connectivity index (χ3n) is 3.18. The van der Waals surface area contributed by atoms with Crippen molar-refractivity contribution in [1.29, 1.82) is 0 Å². The van der Waals surface area contributed by atoms with E-state index in [9.17, 15) is 4.79 Å². The number of rotatable bonds is 4. The molecule has 0 amide bonds. The van der Waals surface area contributed by atoms with E-state index >= 15 is 0 Å². The Morgan fingerprint density at radius 2 is 2.21 bits per heavy atom. The topological polar surface area (TPSA) is 58.9 Å². The second-order valence-electron chi connectivity index (χ2n) is 4.38. The summed E-state index contributed by atoms with van der Waals surface area (Å²) in [6.45, 7) is 1.91. The van der Waals surface area contributed by atoms with Crippen molar-refractivity contribution in [3.8, 4) is 0 Å². The van der Waals surface area contributed by atoms with Crippen molar-refractivity contribution in [3.63, 3.8) is 0 Å². The standard InChI is InChI=1S/C13H13Cl2NO3/c1-2-9-11(19-16-12(9)13(17)18)5-7-3-4-8(14)6-10(7)15/h3-4,6,9,11H,2,5H2,1H3,(H,17,18). The highest BCUT2D eigenvalue weighted by Crippen LogP contribution is 2.29. The van der Waals surface area contributed by atoms with Crippen LogP contribution in [0.1, 0.15) is 18.9 Å². The van der Waals surface area contributed by atoms with Crippen molar-refractivity contribution < 1.29 is 14.7 Å². The van der Waals surface area contributed by atoms with Crippen LogP contribution < -0.4 is 0 Å². The summed E-state index contributed by atoms with van der Waals surface area (Å²) in [6.07, 6.45) is 0.866. The second-order valence-corrected chi connectivity index (χ2v) is 5.22. The smallest absolute Gasteiger partial charge is 0.354 e. The maximum absolute atomic E-state index is 11.0. The third-order valence-corrected chi connectivity index (χ3v) is 3.77. The highest BCUT2D eigenvalue weighted by molar-refractivity contribution is 6.37. The quantitative estimate of drug-likeness (QED) is 0.927. The number of carboxylic acids is 1. The summed E-state index contributed by atoms with van der Waals surface area (Å²) >= 11 is 11.9. The minimum atomic E-state index is -1.03. The molecule has 1 N–H and O–H groups in total. The summed E-state index contributed by atoms with van der Waals surface area (Å²) in [4.78, 5) is 16.3. The largest absolute Gasteiger partial charge is 0.477 e. The van der Waals surface area contributed by atoms with Gasteiger partial charge in [-0.25, -0.2) is 4.79 Å². The predicted molar refractivity (Wildman–Crippen MR) is 73.9 cm³/mol. The molecule has 0 bridgehead atoms. The molecule has 0 aliphatic carbocycles. The molecule has 0 spiro atoms. The van der Waals surface area contributed by atoms with E-state index in [1.807, 2.05) is 13.0 Å². The Bertz CT molecular complexity index is 531. The summed E-state index contributed by atoms with van der Waals surface area (Å²) in [7, 11) is 0. The first-order valence-corrected chi connectivity index (χ1v) is 6.69. The number of carbonyl (C=O) groups is 1. The van der Waals surface area contributed by atoms with Crippen molar-refractivity contribution >= 4 is 34.9 Å². The van der Waals surface area contributed by atoms with Gasteiger partial charge in [0.05, 0.1) is 5.92 Å². The molecule has 102 valence electrons. The molecule has 19 heavy (non-hydrogen) atoms. The number of hydrogen-bond donors (Lipinski definition) is 1. The van der Waals surface area contributed by atoms with Gasteiger partial charge in [0.25, 0.3) is 0 Å². The zero-order valence-corrected chi connectivity index (χ0v) is 11.8. The highest BCUT2D eigenvalue weighted by atomic mass is 35.5. The van der Waals surface area contributed by atoms with Gasteiger partial charge >= 0.3 is 5.97 Å². The van der Waals surface area contributed by atoms with Crippen molar-refractivity contribution in [2.75, 3.05) is 0 Å². The van der Waals surface area contributed by atoms with E-state index in [4.69, 9.17) is 33.1 Å². The van der Waals surface area contributed by atoms with Crippen LogP contribution in [0.4, 0.5) is 0 Å². The zero-order chi connectivity index (χ0) is 14.0. The lowest BCUT2D eigenvalue weighted by molar-refractivity contribution is -0.129. The lowest BCUT2D eigenvalue weighted by atomic mass is 9.90. The number of halogens is 2. The summed E-state index contributed by atoms with van der Waals surface area (Å²) < 4.78 is 0. The SMILES string of the molecule is CCC1C(C(=O)O)=NOC1Cc1ccc(Cl)cc1Cl. The van der Waals surface area contributed by atoms with E-state index in [0.717, 1.165) is 5.56 Å². The fourth-order valence-electron chi connectivity index (χ4n) is 2.18. The van der Waals surface area contributed by atoms with Crippen LogP contribution in [-0.4, -0.2) is 22.9 Å². The van der Waals surface area contributed by atoms with Crippen LogP contribution in [-0.2, 0) is 16.1 Å². The molecule has 2 atom stereocenters. The molecule has 1 aliphatic heterocycles. The van der Waals surface area contributed by atoms with Gasteiger partial charge in [-0.05, 0) is 24.1 Å². The molecule has 2 rings (SSSR count). The molecule has 0 saturated carbocycles. The minimum absolute atomic E-state index is 0.0811. The average molecular weight is 302 g/mol. The molecule has 1 aromatic carbocycles. The van der Waals surface area contributed by atoms with Crippen LogP contribution >= 0.6 is 23.2 Å². The number of benzene rings is 1. The van der Waals surface area contributed by atoms with Crippen LogP contribution in [0.2, 0.25) is 10.0 Å². The Morgan fingerprint density at radius 1 is 1.47 bits per heavy atom. The summed E-state index contributed by atoms with van der Waals surface area (Å²) in [5.41, 5.74) is 0.953. The number of oxime groups is 1. The van der Waals surface area contributed by atoms with Gasteiger partial charge in [0, 0.05) is 16.5 Å². The summed E-state index contributed by atoms with van der Waals surface area (Å²) in [5.74, 6) is -1.25. The number of aliphatic carboxylic acids is 1. The van der Waals surface area contributed by atoms with Crippen LogP contribution in [0, 0.1) is 5.92 Å². The molecule has 1 heterocycles. The van der Waals surface area contributed by atoms with Crippen LogP contribution in [0.5, 0.6) is 0 Å². The number of hydrogen-bond acceptors (Lipinski definition) is 3. The van der Waals surface area contributed by atoms with E-state index in [1.165, 1.54) is 0 Å². The van der Waals surface area contributed by atoms with Crippen LogP contribution in [0.3, 0.4) is 0 Å². The molecule has 6 heteroatoms. The Balaban J connectivity index is 2.14. The first-order chi connectivity index (χ1) is 9.02. The molecule has 1 aromatic rings. The summed E-state index contributed by atoms with van der Waals surface area (Å²) in [6, 6.07) is 5.23. The van der Waals surface area contributed by atoms with Gasteiger partial charge in [0.2, 0.25) is 0 Å². The monoisotopic (exact) mass is 301 g/mol. The molecule has 0 radical (unpaired) electrons. The fourth-order valence-corrected chi connectivity index (χ4v) is 2.66. The zero-order valence-electron chi connectivity index (χ0n) is 10.3. The maximum Gasteiger partial charge on any atom is 0.354 e. The minimum Gasteiger partial charge on any atom is -0.477 e. The molecular weight excluding hydrogens is 289 g/mol. The number of carboxylic acid groups (broad SMARTS) is 1. The Labute approximate surface area is 121 Å². The Hall–Kier alpha value is -1.26. The van der Waals surface area contributed by atoms with Crippen molar-refractivity contribution in [1.82, 2.24) is 0 Å². The molecule has 2 unspecified atom stereocenters. The normalized spacial score (nSPS) is 21.9. The van der Waals surface area contributed by atoms with Gasteiger partial charge in [-0.15, -0.1) is 0 Å². The van der Waals surface area contributed by atoms with Gasteiger partial charge in [0.1, 0.15) is 6.10 Å². The number of nitrogens with zero attached hydrogens (tertiary/aromatic N) is 1. The fraction of sp³-hybridized carbons (Fsp3) is 0.385. The third kappa shape index (κ3) is 3.01. The first-order valence-electron chi connectivity index (χ1n) is 5.93. The van der Waals surface area contributed by atoms with E-state index in [2.05, 4.69) is 5.16 Å². The molecule has 0 fully saturated rings. The molecule has 4 nitrogen and oxygen atoms in total. The van der Waals surface area contributed by atoms with Crippen molar-refractivity contribution in [2.24, 2.45) is 11.1 Å². The van der Waals surface area contributed by atoms with Gasteiger partial charge in [-0.1, -0.05) is 41.3 Å². The Morgan fingerprint density at radius 3 is 2.79 bits per heavy atom. The van der Waals surface area contributed by atoms with Gasteiger partial charge in [-0.3, -0.25) is 0 Å². The van der Waals surface area contributed by atoms with Gasteiger partial charge < -0.3 is 9.94 Å². The maximum atomic E-state index is 11.0. The molecular formula is C13H13Cl2NO3. The predicted octanol–water partition coefficient (Wildman–Crippen LogP) is 3.40. The van der Waals surface area contributed by atoms with E-state index in [-0.39, 0.29) is 17.7 Å². The van der Waals surface area contributed by atoms with Gasteiger partial charge in [0.15, 0.2) is 5.71 Å². The lowest BCUT2D eigenvalue weighted by Gasteiger charge is -2.16. The van der Waals surface area contributed by atoms with Crippen molar-refractivity contribution in [3.05, 3.63) is 33.8 Å². The molecule has 0 saturated heterocycles. The van der Waals surface area contributed by atoms with E-state index < -0.39 is 5.97 Å². The van der Waals surface area contributed by atoms with Gasteiger partial charge in [-0.2, -0.15) is 0 Å². The van der Waals surface area contributed by atoms with Crippen LogP contribution in [0.25, 0.3) is 0 Å². The average Bonchev–Trinajstić information content (AvgIpc) is 2.75.